The second kappa shape index (κ2) is 8.73. The van der Waals surface area contributed by atoms with Gasteiger partial charge in [0.1, 0.15) is 17.1 Å². The van der Waals surface area contributed by atoms with Crippen molar-refractivity contribution in [2.45, 2.75) is 39.3 Å². The summed E-state index contributed by atoms with van der Waals surface area (Å²) >= 11 is 0. The molecule has 33 heavy (non-hydrogen) atoms. The first-order valence-electron chi connectivity index (χ1n) is 11.0. The van der Waals surface area contributed by atoms with Crippen LogP contribution in [0.25, 0.3) is 16.5 Å². The third-order valence-corrected chi connectivity index (χ3v) is 5.63. The summed E-state index contributed by atoms with van der Waals surface area (Å²) in [6, 6.07) is 14.3. The molecule has 0 unspecified atom stereocenters. The summed E-state index contributed by atoms with van der Waals surface area (Å²) in [6.07, 6.45) is 2.10. The van der Waals surface area contributed by atoms with Crippen LogP contribution < -0.4 is 5.73 Å². The molecule has 3 aromatic rings. The molecule has 2 N–H and O–H groups in total. The number of hydrogen-bond acceptors (Lipinski definition) is 3. The average Bonchev–Trinajstić information content (AvgIpc) is 3.11. The predicted octanol–water partition coefficient (Wildman–Crippen LogP) is 4.95. The first kappa shape index (κ1) is 22.6. The van der Waals surface area contributed by atoms with E-state index in [-0.39, 0.29) is 6.09 Å². The van der Waals surface area contributed by atoms with Gasteiger partial charge >= 0.3 is 6.09 Å². The molecular weight excluding hydrogens is 421 g/mol. The highest BCUT2D eigenvalue weighted by molar-refractivity contribution is 6.01. The van der Waals surface area contributed by atoms with Crippen molar-refractivity contribution in [3.05, 3.63) is 77.2 Å². The molecule has 0 saturated carbocycles. The van der Waals surface area contributed by atoms with E-state index in [0.29, 0.717) is 42.8 Å². The van der Waals surface area contributed by atoms with Crippen molar-refractivity contribution < 1.29 is 18.7 Å². The lowest BCUT2D eigenvalue weighted by Crippen LogP contribution is -2.39. The van der Waals surface area contributed by atoms with Crippen molar-refractivity contribution in [1.82, 2.24) is 9.47 Å². The molecule has 0 atom stereocenters. The Kier molecular flexibility index (Phi) is 5.97. The molecule has 172 valence electrons. The normalized spacial score (nSPS) is 14.3. The SMILES string of the molecule is CC(C)(C)OC(=O)N1CC=C(c2cc(F)cc3c2cc(C(N)=O)n3Cc2ccccc2)CC1. The van der Waals surface area contributed by atoms with Gasteiger partial charge in [-0.15, -0.1) is 0 Å². The summed E-state index contributed by atoms with van der Waals surface area (Å²) in [7, 11) is 0. The van der Waals surface area contributed by atoms with Crippen molar-refractivity contribution in [2.75, 3.05) is 13.1 Å². The quantitative estimate of drug-likeness (QED) is 0.612. The Balaban J connectivity index is 1.71. The lowest BCUT2D eigenvalue weighted by molar-refractivity contribution is 0.0270. The molecule has 0 saturated heterocycles. The first-order chi connectivity index (χ1) is 15.6. The molecule has 0 fully saturated rings. The number of hydrogen-bond donors (Lipinski definition) is 1. The smallest absolute Gasteiger partial charge is 0.410 e. The Morgan fingerprint density at radius 1 is 1.12 bits per heavy atom. The van der Waals surface area contributed by atoms with Gasteiger partial charge in [-0.2, -0.15) is 0 Å². The van der Waals surface area contributed by atoms with Gasteiger partial charge in [-0.25, -0.2) is 9.18 Å². The third kappa shape index (κ3) is 4.92. The van der Waals surface area contributed by atoms with Gasteiger partial charge in [-0.1, -0.05) is 36.4 Å². The first-order valence-corrected chi connectivity index (χ1v) is 11.0. The minimum absolute atomic E-state index is 0.326. The van der Waals surface area contributed by atoms with E-state index in [1.807, 2.05) is 57.2 Å². The molecule has 1 aromatic heterocycles. The van der Waals surface area contributed by atoms with Crippen LogP contribution in [0.15, 0.2) is 54.6 Å². The highest BCUT2D eigenvalue weighted by atomic mass is 19.1. The number of ether oxygens (including phenoxy) is 1. The summed E-state index contributed by atoms with van der Waals surface area (Å²) in [4.78, 5) is 26.2. The van der Waals surface area contributed by atoms with Crippen LogP contribution in [0.4, 0.5) is 9.18 Å². The number of nitrogens with zero attached hydrogens (tertiary/aromatic N) is 2. The zero-order chi connectivity index (χ0) is 23.8. The van der Waals surface area contributed by atoms with Crippen LogP contribution in [0.3, 0.4) is 0 Å². The molecular formula is C26H28FN3O3. The standard InChI is InChI=1S/C26H28FN3O3/c1-26(2,3)33-25(32)29-11-9-18(10-12-29)20-13-19(27)14-22-21(20)15-23(24(28)31)30(22)16-17-7-5-4-6-8-17/h4-9,13-15H,10-12,16H2,1-3H3,(H2,28,31). The number of amides is 2. The van der Waals surface area contributed by atoms with Gasteiger partial charge in [0.25, 0.3) is 5.91 Å². The molecule has 7 heteroatoms. The number of halogens is 1. The van der Waals surface area contributed by atoms with Crippen LogP contribution in [-0.2, 0) is 11.3 Å². The third-order valence-electron chi connectivity index (χ3n) is 5.63. The maximum Gasteiger partial charge on any atom is 0.410 e. The van der Waals surface area contributed by atoms with Crippen LogP contribution in [0.1, 0.15) is 48.8 Å². The minimum Gasteiger partial charge on any atom is -0.444 e. The van der Waals surface area contributed by atoms with Crippen LogP contribution in [-0.4, -0.2) is 40.2 Å². The van der Waals surface area contributed by atoms with E-state index in [1.165, 1.54) is 12.1 Å². The highest BCUT2D eigenvalue weighted by Crippen LogP contribution is 2.33. The molecule has 0 radical (unpaired) electrons. The van der Waals surface area contributed by atoms with E-state index in [4.69, 9.17) is 10.5 Å². The Labute approximate surface area is 192 Å². The lowest BCUT2D eigenvalue weighted by atomic mass is 9.96. The Hall–Kier alpha value is -3.61. The van der Waals surface area contributed by atoms with E-state index < -0.39 is 17.3 Å². The second-order valence-electron chi connectivity index (χ2n) is 9.26. The molecule has 1 aliphatic heterocycles. The van der Waals surface area contributed by atoms with Crippen molar-refractivity contribution in [1.29, 1.82) is 0 Å². The van der Waals surface area contributed by atoms with Gasteiger partial charge in [0.05, 0.1) is 5.52 Å². The number of primary amides is 1. The van der Waals surface area contributed by atoms with E-state index in [2.05, 4.69) is 0 Å². The summed E-state index contributed by atoms with van der Waals surface area (Å²) < 4.78 is 21.9. The second-order valence-corrected chi connectivity index (χ2v) is 9.26. The van der Waals surface area contributed by atoms with Crippen LogP contribution in [0.2, 0.25) is 0 Å². The van der Waals surface area contributed by atoms with Gasteiger partial charge < -0.3 is 19.9 Å². The number of benzene rings is 2. The van der Waals surface area contributed by atoms with Gasteiger partial charge in [-0.3, -0.25) is 4.79 Å². The summed E-state index contributed by atoms with van der Waals surface area (Å²) in [5.41, 5.74) is 8.66. The molecule has 2 amide bonds. The Morgan fingerprint density at radius 3 is 2.45 bits per heavy atom. The number of fused-ring (bicyclic) bond motifs is 1. The number of nitrogens with two attached hydrogens (primary N) is 1. The van der Waals surface area contributed by atoms with E-state index in [0.717, 1.165) is 16.5 Å². The monoisotopic (exact) mass is 449 g/mol. The van der Waals surface area contributed by atoms with Gasteiger partial charge in [-0.05, 0) is 62.1 Å². The van der Waals surface area contributed by atoms with Crippen molar-refractivity contribution in [2.24, 2.45) is 5.73 Å². The van der Waals surface area contributed by atoms with Crippen LogP contribution in [0.5, 0.6) is 0 Å². The molecule has 2 aromatic carbocycles. The highest BCUT2D eigenvalue weighted by Gasteiger charge is 2.25. The largest absolute Gasteiger partial charge is 0.444 e. The molecule has 0 bridgehead atoms. The molecule has 1 aliphatic rings. The number of carbonyl (C=O) groups excluding carboxylic acids is 2. The minimum atomic E-state index is -0.567. The van der Waals surface area contributed by atoms with E-state index >= 15 is 0 Å². The molecule has 0 aliphatic carbocycles. The molecule has 4 rings (SSSR count). The molecule has 6 nitrogen and oxygen atoms in total. The maximum atomic E-state index is 14.7. The summed E-state index contributed by atoms with van der Waals surface area (Å²) in [5, 5.41) is 0.762. The fraction of sp³-hybridized carbons (Fsp3) is 0.308. The fourth-order valence-electron chi connectivity index (χ4n) is 4.14. The van der Waals surface area contributed by atoms with Crippen LogP contribution in [0, 0.1) is 5.82 Å². The Bertz CT molecular complexity index is 1240. The van der Waals surface area contributed by atoms with Crippen LogP contribution >= 0.6 is 0 Å². The maximum absolute atomic E-state index is 14.7. The van der Waals surface area contributed by atoms with Gasteiger partial charge in [0.2, 0.25) is 0 Å². The predicted molar refractivity (Wildman–Crippen MR) is 126 cm³/mol. The van der Waals surface area contributed by atoms with E-state index in [9.17, 15) is 14.0 Å². The van der Waals surface area contributed by atoms with E-state index in [1.54, 1.807) is 15.5 Å². The zero-order valence-electron chi connectivity index (χ0n) is 19.1. The van der Waals surface area contributed by atoms with Crippen molar-refractivity contribution in [3.8, 4) is 0 Å². The number of carbonyl (C=O) groups is 2. The molecule has 2 heterocycles. The molecule has 0 spiro atoms. The summed E-state index contributed by atoms with van der Waals surface area (Å²) in [5.74, 6) is -0.960. The van der Waals surface area contributed by atoms with Crippen molar-refractivity contribution >= 4 is 28.5 Å². The summed E-state index contributed by atoms with van der Waals surface area (Å²) in [6.45, 7) is 6.72. The van der Waals surface area contributed by atoms with Crippen molar-refractivity contribution in [3.63, 3.8) is 0 Å². The number of rotatable bonds is 4. The number of aromatic nitrogens is 1. The average molecular weight is 450 g/mol. The lowest BCUT2D eigenvalue weighted by Gasteiger charge is -2.29. The topological polar surface area (TPSA) is 77.6 Å². The van der Waals surface area contributed by atoms with Gasteiger partial charge in [0.15, 0.2) is 0 Å². The zero-order valence-corrected chi connectivity index (χ0v) is 19.1. The Morgan fingerprint density at radius 2 is 1.85 bits per heavy atom. The fourth-order valence-corrected chi connectivity index (χ4v) is 4.14. The van der Waals surface area contributed by atoms with Gasteiger partial charge in [0, 0.05) is 25.0 Å².